The molecule has 116 valence electrons. The number of benzene rings is 2. The first-order valence-electron chi connectivity index (χ1n) is 7.50. The third-order valence-electron chi connectivity index (χ3n) is 3.64. The zero-order valence-electron chi connectivity index (χ0n) is 13.2. The van der Waals surface area contributed by atoms with Gasteiger partial charge in [0.1, 0.15) is 0 Å². The van der Waals surface area contributed by atoms with Gasteiger partial charge in [0, 0.05) is 12.6 Å². The summed E-state index contributed by atoms with van der Waals surface area (Å²) >= 11 is 1.46. The lowest BCUT2D eigenvalue weighted by molar-refractivity contribution is 0.102. The van der Waals surface area contributed by atoms with Crippen LogP contribution in [0.5, 0.6) is 0 Å². The molecule has 2 aromatic carbocycles. The van der Waals surface area contributed by atoms with Crippen molar-refractivity contribution in [1.82, 2.24) is 4.57 Å². The van der Waals surface area contributed by atoms with Crippen LogP contribution in [0.3, 0.4) is 0 Å². The summed E-state index contributed by atoms with van der Waals surface area (Å²) in [6, 6.07) is 20.1. The van der Waals surface area contributed by atoms with Gasteiger partial charge in [0.2, 0.25) is 0 Å². The van der Waals surface area contributed by atoms with E-state index in [1.165, 1.54) is 16.9 Å². The minimum atomic E-state index is 0.0869. The Kier molecular flexibility index (Phi) is 4.53. The first-order valence-corrected chi connectivity index (χ1v) is 8.31. The van der Waals surface area contributed by atoms with Gasteiger partial charge >= 0.3 is 0 Å². The average molecular weight is 322 g/mol. The van der Waals surface area contributed by atoms with E-state index in [0.29, 0.717) is 6.54 Å². The number of nitrogens with zero attached hydrogens (tertiary/aromatic N) is 2. The second-order valence-corrected chi connectivity index (χ2v) is 6.35. The normalized spacial score (nSPS) is 11.7. The Balaban J connectivity index is 2.13. The Morgan fingerprint density at radius 3 is 2.26 bits per heavy atom. The second-order valence-electron chi connectivity index (χ2n) is 5.37. The number of carbonyl (C=O) groups excluding carboxylic acids is 1. The molecule has 3 rings (SSSR count). The van der Waals surface area contributed by atoms with Gasteiger partial charge in [-0.2, -0.15) is 0 Å². The van der Waals surface area contributed by atoms with Crippen LogP contribution in [0.1, 0.15) is 27.9 Å². The van der Waals surface area contributed by atoms with Gasteiger partial charge in [-0.15, -0.1) is 0 Å². The van der Waals surface area contributed by atoms with Gasteiger partial charge in [0.15, 0.2) is 10.6 Å². The van der Waals surface area contributed by atoms with Crippen LogP contribution in [0.25, 0.3) is 0 Å². The van der Waals surface area contributed by atoms with E-state index < -0.39 is 0 Å². The van der Waals surface area contributed by atoms with E-state index in [1.54, 1.807) is 6.92 Å². The minimum Gasteiger partial charge on any atom is -0.316 e. The lowest BCUT2D eigenvalue weighted by Gasteiger charge is -2.06. The number of aromatic nitrogens is 1. The van der Waals surface area contributed by atoms with E-state index in [-0.39, 0.29) is 5.78 Å². The number of hydrogen-bond acceptors (Lipinski definition) is 3. The van der Waals surface area contributed by atoms with Crippen molar-refractivity contribution in [3.8, 4) is 0 Å². The molecule has 0 saturated heterocycles. The molecule has 3 nitrogen and oxygen atoms in total. The maximum atomic E-state index is 11.9. The SMILES string of the molecule is CC(=O)c1sc(=Nc2ccccc2)n(Cc2ccccc2)c1C. The fraction of sp³-hybridized carbons (Fsp3) is 0.158. The molecule has 0 atom stereocenters. The van der Waals surface area contributed by atoms with Crippen LogP contribution in [-0.4, -0.2) is 10.4 Å². The average Bonchev–Trinajstić information content (AvgIpc) is 2.86. The van der Waals surface area contributed by atoms with Crippen molar-refractivity contribution in [3.05, 3.63) is 81.6 Å². The van der Waals surface area contributed by atoms with Crippen molar-refractivity contribution in [2.24, 2.45) is 4.99 Å². The third-order valence-corrected chi connectivity index (χ3v) is 4.92. The molecule has 0 fully saturated rings. The summed E-state index contributed by atoms with van der Waals surface area (Å²) in [6.07, 6.45) is 0. The molecule has 0 spiro atoms. The predicted octanol–water partition coefficient (Wildman–Crippen LogP) is 4.34. The van der Waals surface area contributed by atoms with Crippen molar-refractivity contribution in [1.29, 1.82) is 0 Å². The number of para-hydroxylation sites is 1. The third kappa shape index (κ3) is 3.48. The number of rotatable bonds is 4. The Morgan fingerprint density at radius 1 is 1.04 bits per heavy atom. The highest BCUT2D eigenvalue weighted by Crippen LogP contribution is 2.16. The molecule has 0 aliphatic rings. The molecule has 0 unspecified atom stereocenters. The lowest BCUT2D eigenvalue weighted by Crippen LogP contribution is -2.17. The number of carbonyl (C=O) groups is 1. The van der Waals surface area contributed by atoms with E-state index in [1.807, 2.05) is 55.5 Å². The fourth-order valence-electron chi connectivity index (χ4n) is 2.46. The molecular weight excluding hydrogens is 304 g/mol. The Bertz CT molecular complexity index is 877. The molecule has 3 aromatic rings. The molecule has 0 aliphatic heterocycles. The van der Waals surface area contributed by atoms with Gasteiger partial charge in [-0.05, 0) is 24.6 Å². The highest BCUT2D eigenvalue weighted by molar-refractivity contribution is 7.11. The molecule has 4 heteroatoms. The zero-order chi connectivity index (χ0) is 16.2. The van der Waals surface area contributed by atoms with E-state index in [9.17, 15) is 4.79 Å². The topological polar surface area (TPSA) is 34.4 Å². The minimum absolute atomic E-state index is 0.0869. The van der Waals surface area contributed by atoms with E-state index >= 15 is 0 Å². The van der Waals surface area contributed by atoms with Gasteiger partial charge in [-0.25, -0.2) is 4.99 Å². The molecule has 0 N–H and O–H groups in total. The van der Waals surface area contributed by atoms with Crippen LogP contribution >= 0.6 is 11.3 Å². The molecule has 0 radical (unpaired) electrons. The summed E-state index contributed by atoms with van der Waals surface area (Å²) < 4.78 is 2.11. The molecule has 0 saturated carbocycles. The molecule has 0 bridgehead atoms. The zero-order valence-corrected chi connectivity index (χ0v) is 14.0. The highest BCUT2D eigenvalue weighted by Gasteiger charge is 2.13. The van der Waals surface area contributed by atoms with Gasteiger partial charge in [-0.1, -0.05) is 59.9 Å². The summed E-state index contributed by atoms with van der Waals surface area (Å²) in [5, 5.41) is 0. The summed E-state index contributed by atoms with van der Waals surface area (Å²) in [6.45, 7) is 4.31. The summed E-state index contributed by atoms with van der Waals surface area (Å²) in [5.74, 6) is 0.0869. The number of thiazole rings is 1. The van der Waals surface area contributed by atoms with Gasteiger partial charge in [0.25, 0.3) is 0 Å². The first kappa shape index (κ1) is 15.4. The first-order chi connectivity index (χ1) is 11.1. The molecule has 23 heavy (non-hydrogen) atoms. The molecule has 0 aliphatic carbocycles. The smallest absolute Gasteiger partial charge is 0.191 e. The van der Waals surface area contributed by atoms with E-state index in [2.05, 4.69) is 16.7 Å². The van der Waals surface area contributed by atoms with Crippen molar-refractivity contribution >= 4 is 22.8 Å². The van der Waals surface area contributed by atoms with Crippen molar-refractivity contribution in [2.45, 2.75) is 20.4 Å². The van der Waals surface area contributed by atoms with Crippen LogP contribution in [0.2, 0.25) is 0 Å². The Labute approximate surface area is 139 Å². The van der Waals surface area contributed by atoms with Gasteiger partial charge in [-0.3, -0.25) is 4.79 Å². The van der Waals surface area contributed by atoms with Crippen LogP contribution in [0.4, 0.5) is 5.69 Å². The largest absolute Gasteiger partial charge is 0.316 e. The molecule has 1 heterocycles. The van der Waals surface area contributed by atoms with Crippen molar-refractivity contribution in [2.75, 3.05) is 0 Å². The Hall–Kier alpha value is -2.46. The van der Waals surface area contributed by atoms with E-state index in [4.69, 9.17) is 4.99 Å². The van der Waals surface area contributed by atoms with E-state index in [0.717, 1.165) is 21.1 Å². The monoisotopic (exact) mass is 322 g/mol. The number of ketones is 1. The summed E-state index contributed by atoms with van der Waals surface area (Å²) in [4.78, 5) is 18.2. The number of Topliss-reactive ketones (excluding diaryl/α,β-unsaturated/α-hetero) is 1. The molecular formula is C19H18N2OS. The van der Waals surface area contributed by atoms with Crippen molar-refractivity contribution < 1.29 is 4.79 Å². The highest BCUT2D eigenvalue weighted by atomic mass is 32.1. The molecule has 1 aromatic heterocycles. The van der Waals surface area contributed by atoms with Crippen molar-refractivity contribution in [3.63, 3.8) is 0 Å². The van der Waals surface area contributed by atoms with Crippen LogP contribution in [0.15, 0.2) is 65.7 Å². The summed E-state index contributed by atoms with van der Waals surface area (Å²) in [5.41, 5.74) is 3.06. The van der Waals surface area contributed by atoms with Crippen LogP contribution < -0.4 is 4.80 Å². The summed E-state index contributed by atoms with van der Waals surface area (Å²) in [7, 11) is 0. The maximum Gasteiger partial charge on any atom is 0.191 e. The van der Waals surface area contributed by atoms with Gasteiger partial charge < -0.3 is 4.57 Å². The standard InChI is InChI=1S/C19H18N2OS/c1-14-18(15(2)22)23-19(20-17-11-7-4-8-12-17)21(14)13-16-9-5-3-6-10-16/h3-12H,13H2,1-2H3. The second kappa shape index (κ2) is 6.75. The predicted molar refractivity (Wildman–Crippen MR) is 94.3 cm³/mol. The quantitative estimate of drug-likeness (QED) is 0.658. The Morgan fingerprint density at radius 2 is 1.65 bits per heavy atom. The van der Waals surface area contributed by atoms with Crippen LogP contribution in [0, 0.1) is 6.92 Å². The fourth-order valence-corrected chi connectivity index (χ4v) is 3.51. The molecule has 0 amide bonds. The maximum absolute atomic E-state index is 11.9. The van der Waals surface area contributed by atoms with Crippen LogP contribution in [-0.2, 0) is 6.54 Å². The number of hydrogen-bond donors (Lipinski definition) is 0. The lowest BCUT2D eigenvalue weighted by atomic mass is 10.2. The van der Waals surface area contributed by atoms with Gasteiger partial charge in [0.05, 0.1) is 17.1 Å².